The van der Waals surface area contributed by atoms with Crippen LogP contribution < -0.4 is 0 Å². The molecule has 0 fully saturated rings. The highest BCUT2D eigenvalue weighted by Crippen LogP contribution is 2.42. The molecule has 1 aromatic rings. The summed E-state index contributed by atoms with van der Waals surface area (Å²) in [4.78, 5) is 1.38. The molecule has 0 N–H and O–H groups in total. The van der Waals surface area contributed by atoms with Crippen LogP contribution in [0.4, 0.5) is 0 Å². The first-order valence-corrected chi connectivity index (χ1v) is 8.95. The van der Waals surface area contributed by atoms with E-state index in [9.17, 15) is 0 Å². The van der Waals surface area contributed by atoms with Gasteiger partial charge in [0.15, 0.2) is 0 Å². The highest BCUT2D eigenvalue weighted by Gasteiger charge is 2.26. The maximum absolute atomic E-state index is 4.17. The average molecular weight is 291 g/mol. The predicted octanol–water partition coefficient (Wildman–Crippen LogP) is 6.86. The zero-order valence-electron chi connectivity index (χ0n) is 13.2. The zero-order valence-corrected chi connectivity index (χ0v) is 14.1. The third-order valence-electron chi connectivity index (χ3n) is 3.84. The Labute approximate surface area is 130 Å². The lowest BCUT2D eigenvalue weighted by atomic mass is 9.94. The Hall–Kier alpha value is -0.690. The normalized spacial score (nSPS) is 11.5. The Morgan fingerprint density at radius 2 is 1.50 bits per heavy atom. The first-order chi connectivity index (χ1) is 9.76. The topological polar surface area (TPSA) is 0 Å². The van der Waals surface area contributed by atoms with Gasteiger partial charge in [-0.05, 0) is 25.0 Å². The van der Waals surface area contributed by atoms with Gasteiger partial charge in [0.25, 0.3) is 0 Å². The zero-order chi connectivity index (χ0) is 14.7. The number of hydrogen-bond donors (Lipinski definition) is 0. The molecule has 0 aliphatic rings. The first-order valence-electron chi connectivity index (χ1n) is 8.14. The van der Waals surface area contributed by atoms with Crippen molar-refractivity contribution in [3.63, 3.8) is 0 Å². The van der Waals surface area contributed by atoms with Crippen molar-refractivity contribution in [1.29, 1.82) is 0 Å². The van der Waals surface area contributed by atoms with E-state index in [1.165, 1.54) is 56.3 Å². The van der Waals surface area contributed by atoms with Gasteiger partial charge in [-0.3, -0.25) is 0 Å². The molecular weight excluding hydrogens is 260 g/mol. The van der Waals surface area contributed by atoms with Gasteiger partial charge in [-0.15, -0.1) is 18.3 Å². The summed E-state index contributed by atoms with van der Waals surface area (Å²) in [5.41, 5.74) is 0. The van der Waals surface area contributed by atoms with Crippen LogP contribution in [0.15, 0.2) is 47.9 Å². The lowest BCUT2D eigenvalue weighted by molar-refractivity contribution is 0.517. The Morgan fingerprint density at radius 3 is 1.95 bits per heavy atom. The molecule has 0 radical (unpaired) electrons. The summed E-state index contributed by atoms with van der Waals surface area (Å²) in [6.07, 6.45) is 12.6. The van der Waals surface area contributed by atoms with E-state index in [1.54, 1.807) is 0 Å². The number of benzene rings is 1. The summed E-state index contributed by atoms with van der Waals surface area (Å²) in [7, 11) is 0. The van der Waals surface area contributed by atoms with Crippen molar-refractivity contribution in [3.05, 3.63) is 43.0 Å². The minimum Gasteiger partial charge on any atom is -0.115 e. The van der Waals surface area contributed by atoms with Crippen LogP contribution in [0.3, 0.4) is 0 Å². The summed E-state index contributed by atoms with van der Waals surface area (Å²) < 4.78 is 0.228. The maximum Gasteiger partial charge on any atom is 0.0383 e. The van der Waals surface area contributed by atoms with Crippen molar-refractivity contribution in [2.75, 3.05) is 0 Å². The van der Waals surface area contributed by atoms with Crippen LogP contribution in [0, 0.1) is 0 Å². The smallest absolute Gasteiger partial charge is 0.0383 e. The molecular formula is C19H30S. The van der Waals surface area contributed by atoms with E-state index in [0.717, 1.165) is 0 Å². The average Bonchev–Trinajstić information content (AvgIpc) is 2.48. The molecule has 0 unspecified atom stereocenters. The first kappa shape index (κ1) is 17.4. The van der Waals surface area contributed by atoms with E-state index in [4.69, 9.17) is 0 Å². The van der Waals surface area contributed by atoms with Crippen molar-refractivity contribution in [1.82, 2.24) is 0 Å². The molecule has 0 amide bonds. The van der Waals surface area contributed by atoms with Crippen LogP contribution >= 0.6 is 11.8 Å². The van der Waals surface area contributed by atoms with Crippen molar-refractivity contribution in [2.24, 2.45) is 0 Å². The maximum atomic E-state index is 4.17. The van der Waals surface area contributed by atoms with Gasteiger partial charge in [0.05, 0.1) is 0 Å². The molecule has 0 heterocycles. The quantitative estimate of drug-likeness (QED) is 0.243. The molecule has 0 aromatic heterocycles. The number of rotatable bonds is 11. The van der Waals surface area contributed by atoms with Gasteiger partial charge in [0.1, 0.15) is 0 Å². The van der Waals surface area contributed by atoms with Gasteiger partial charge < -0.3 is 0 Å². The van der Waals surface area contributed by atoms with Crippen LogP contribution in [0.2, 0.25) is 0 Å². The molecule has 112 valence electrons. The third kappa shape index (κ3) is 6.17. The predicted molar refractivity (Wildman–Crippen MR) is 93.5 cm³/mol. The highest BCUT2D eigenvalue weighted by molar-refractivity contribution is 8.00. The van der Waals surface area contributed by atoms with Crippen molar-refractivity contribution in [3.8, 4) is 0 Å². The molecule has 20 heavy (non-hydrogen) atoms. The van der Waals surface area contributed by atoms with Crippen molar-refractivity contribution < 1.29 is 0 Å². The summed E-state index contributed by atoms with van der Waals surface area (Å²) in [6.45, 7) is 8.72. The van der Waals surface area contributed by atoms with Gasteiger partial charge in [0, 0.05) is 9.64 Å². The molecule has 0 saturated carbocycles. The standard InChI is InChI=1S/C19H30S/c1-4-7-12-16-19(6-3,17-13-8-5-2)20-18-14-10-9-11-15-18/h6,9-11,14-15H,3-5,7-8,12-13,16-17H2,1-2H3. The Kier molecular flexibility index (Phi) is 8.77. The van der Waals surface area contributed by atoms with Gasteiger partial charge in [-0.2, -0.15) is 0 Å². The van der Waals surface area contributed by atoms with Crippen LogP contribution in [-0.4, -0.2) is 4.75 Å². The Bertz CT molecular complexity index is 345. The fourth-order valence-corrected chi connectivity index (χ4v) is 3.88. The number of thioether (sulfide) groups is 1. The number of hydrogen-bond acceptors (Lipinski definition) is 1. The summed E-state index contributed by atoms with van der Waals surface area (Å²) in [6, 6.07) is 10.8. The summed E-state index contributed by atoms with van der Waals surface area (Å²) in [5.74, 6) is 0. The molecule has 1 heteroatoms. The molecule has 0 nitrogen and oxygen atoms in total. The summed E-state index contributed by atoms with van der Waals surface area (Å²) in [5, 5.41) is 0. The van der Waals surface area contributed by atoms with Gasteiger partial charge in [-0.25, -0.2) is 0 Å². The lowest BCUT2D eigenvalue weighted by Gasteiger charge is -2.30. The largest absolute Gasteiger partial charge is 0.115 e. The molecule has 0 atom stereocenters. The lowest BCUT2D eigenvalue weighted by Crippen LogP contribution is -2.21. The fraction of sp³-hybridized carbons (Fsp3) is 0.579. The second-order valence-electron chi connectivity index (χ2n) is 5.60. The minimum atomic E-state index is 0.228. The fourth-order valence-electron chi connectivity index (χ4n) is 2.54. The van der Waals surface area contributed by atoms with Crippen LogP contribution in [0.1, 0.15) is 65.2 Å². The molecule has 0 aliphatic carbocycles. The molecule has 1 rings (SSSR count). The minimum absolute atomic E-state index is 0.228. The highest BCUT2D eigenvalue weighted by atomic mass is 32.2. The van der Waals surface area contributed by atoms with E-state index in [-0.39, 0.29) is 4.75 Å². The van der Waals surface area contributed by atoms with Gasteiger partial charge in [-0.1, -0.05) is 76.6 Å². The van der Waals surface area contributed by atoms with Crippen LogP contribution in [-0.2, 0) is 0 Å². The van der Waals surface area contributed by atoms with Crippen molar-refractivity contribution >= 4 is 11.8 Å². The Morgan fingerprint density at radius 1 is 0.950 bits per heavy atom. The third-order valence-corrected chi connectivity index (χ3v) is 5.33. The molecule has 0 bridgehead atoms. The van der Waals surface area contributed by atoms with E-state index in [1.807, 2.05) is 11.8 Å². The summed E-state index contributed by atoms with van der Waals surface area (Å²) >= 11 is 2.02. The van der Waals surface area contributed by atoms with E-state index in [2.05, 4.69) is 56.8 Å². The Balaban J connectivity index is 2.71. The van der Waals surface area contributed by atoms with Gasteiger partial charge >= 0.3 is 0 Å². The number of unbranched alkanes of at least 4 members (excludes halogenated alkanes) is 4. The molecule has 0 spiro atoms. The van der Waals surface area contributed by atoms with Crippen LogP contribution in [0.25, 0.3) is 0 Å². The molecule has 1 aromatic carbocycles. The monoisotopic (exact) mass is 290 g/mol. The van der Waals surface area contributed by atoms with Crippen LogP contribution in [0.5, 0.6) is 0 Å². The SMILES string of the molecule is C=CC(CCCCC)(CCCCC)Sc1ccccc1. The van der Waals surface area contributed by atoms with E-state index >= 15 is 0 Å². The van der Waals surface area contributed by atoms with E-state index < -0.39 is 0 Å². The van der Waals surface area contributed by atoms with Gasteiger partial charge in [0.2, 0.25) is 0 Å². The molecule has 0 saturated heterocycles. The second-order valence-corrected chi connectivity index (χ2v) is 7.09. The van der Waals surface area contributed by atoms with Crippen molar-refractivity contribution in [2.45, 2.75) is 74.9 Å². The molecule has 0 aliphatic heterocycles. The van der Waals surface area contributed by atoms with E-state index in [0.29, 0.717) is 0 Å². The second kappa shape index (κ2) is 10.1.